The van der Waals surface area contributed by atoms with Gasteiger partial charge in [-0.25, -0.2) is 0 Å². The molecule has 58 valence electrons. The molecule has 0 radical (unpaired) electrons. The molecule has 0 aromatic carbocycles. The van der Waals surface area contributed by atoms with E-state index in [1.807, 2.05) is 0 Å². The first-order chi connectivity index (χ1) is 4.84. The van der Waals surface area contributed by atoms with Crippen molar-refractivity contribution >= 4 is 0 Å². The van der Waals surface area contributed by atoms with Crippen molar-refractivity contribution in [3.63, 3.8) is 0 Å². The van der Waals surface area contributed by atoms with Gasteiger partial charge in [-0.05, 0) is 19.4 Å². The third-order valence-electron chi connectivity index (χ3n) is 2.01. The molecule has 0 saturated carbocycles. The fraction of sp³-hybridized carbons (Fsp3) is 0.750. The van der Waals surface area contributed by atoms with Gasteiger partial charge < -0.3 is 10.1 Å². The van der Waals surface area contributed by atoms with Crippen molar-refractivity contribution in [1.29, 1.82) is 0 Å². The Morgan fingerprint density at radius 1 is 1.70 bits per heavy atom. The quantitative estimate of drug-likeness (QED) is 0.582. The highest BCUT2D eigenvalue weighted by atomic mass is 16.5. The predicted molar refractivity (Wildman–Crippen MR) is 41.7 cm³/mol. The Hall–Kier alpha value is -0.500. The monoisotopic (exact) mass is 141 g/mol. The van der Waals surface area contributed by atoms with Crippen LogP contribution < -0.4 is 5.32 Å². The molecule has 0 aliphatic carbocycles. The fourth-order valence-corrected chi connectivity index (χ4v) is 1.29. The van der Waals surface area contributed by atoms with E-state index >= 15 is 0 Å². The first kappa shape index (κ1) is 7.61. The molecule has 2 heteroatoms. The molecule has 1 N–H and O–H groups in total. The Morgan fingerprint density at radius 3 is 3.00 bits per heavy atom. The van der Waals surface area contributed by atoms with Gasteiger partial charge in [0, 0.05) is 12.5 Å². The van der Waals surface area contributed by atoms with Crippen molar-refractivity contribution in [1.82, 2.24) is 5.32 Å². The zero-order chi connectivity index (χ0) is 7.40. The van der Waals surface area contributed by atoms with E-state index in [0.717, 1.165) is 18.8 Å². The van der Waals surface area contributed by atoms with E-state index in [1.165, 1.54) is 12.8 Å². The lowest BCUT2D eigenvalue weighted by molar-refractivity contribution is 0.222. The molecule has 1 aliphatic heterocycles. The van der Waals surface area contributed by atoms with Crippen LogP contribution in [0.25, 0.3) is 0 Å². The maximum absolute atomic E-state index is 5.06. The van der Waals surface area contributed by atoms with Gasteiger partial charge in [-0.2, -0.15) is 0 Å². The molecule has 0 bridgehead atoms. The van der Waals surface area contributed by atoms with Gasteiger partial charge in [0.2, 0.25) is 0 Å². The first-order valence-electron chi connectivity index (χ1n) is 3.78. The molecule has 0 spiro atoms. The number of methoxy groups -OCH3 is 1. The number of hydrogen-bond acceptors (Lipinski definition) is 2. The molecule has 1 aliphatic rings. The summed E-state index contributed by atoms with van der Waals surface area (Å²) in [4.78, 5) is 0. The van der Waals surface area contributed by atoms with Crippen LogP contribution in [0, 0.1) is 5.92 Å². The average molecular weight is 141 g/mol. The Balaban J connectivity index is 2.31. The summed E-state index contributed by atoms with van der Waals surface area (Å²) >= 11 is 0. The SMILES string of the molecule is C=C(OC)[C@@H]1CCCNC1. The van der Waals surface area contributed by atoms with E-state index in [1.54, 1.807) is 7.11 Å². The number of rotatable bonds is 2. The third kappa shape index (κ3) is 1.74. The van der Waals surface area contributed by atoms with Crippen molar-refractivity contribution in [3.05, 3.63) is 12.3 Å². The summed E-state index contributed by atoms with van der Waals surface area (Å²) in [6.45, 7) is 6.02. The van der Waals surface area contributed by atoms with Crippen LogP contribution in [0.15, 0.2) is 12.3 Å². The van der Waals surface area contributed by atoms with Gasteiger partial charge in [0.15, 0.2) is 0 Å². The van der Waals surface area contributed by atoms with Crippen molar-refractivity contribution in [3.8, 4) is 0 Å². The molecule has 2 nitrogen and oxygen atoms in total. The molecule has 1 fully saturated rings. The molecule has 0 aromatic heterocycles. The van der Waals surface area contributed by atoms with Gasteiger partial charge in [0.25, 0.3) is 0 Å². The van der Waals surface area contributed by atoms with E-state index in [-0.39, 0.29) is 0 Å². The van der Waals surface area contributed by atoms with Gasteiger partial charge in [-0.3, -0.25) is 0 Å². The van der Waals surface area contributed by atoms with Crippen LogP contribution in [0.4, 0.5) is 0 Å². The van der Waals surface area contributed by atoms with Crippen LogP contribution in [-0.2, 0) is 4.74 Å². The maximum atomic E-state index is 5.06. The second-order valence-corrected chi connectivity index (χ2v) is 2.71. The summed E-state index contributed by atoms with van der Waals surface area (Å²) in [5.41, 5.74) is 0. The van der Waals surface area contributed by atoms with Crippen LogP contribution in [0.5, 0.6) is 0 Å². The minimum absolute atomic E-state index is 0.541. The molecular formula is C8H15NO. The van der Waals surface area contributed by atoms with Crippen LogP contribution in [0.2, 0.25) is 0 Å². The highest BCUT2D eigenvalue weighted by Crippen LogP contribution is 2.17. The Bertz CT molecular complexity index is 116. The normalized spacial score (nSPS) is 25.9. The van der Waals surface area contributed by atoms with Crippen molar-refractivity contribution < 1.29 is 4.74 Å². The summed E-state index contributed by atoms with van der Waals surface area (Å²) in [6, 6.07) is 0. The highest BCUT2D eigenvalue weighted by Gasteiger charge is 2.15. The number of piperidine rings is 1. The Kier molecular flexibility index (Phi) is 2.75. The lowest BCUT2D eigenvalue weighted by Crippen LogP contribution is -2.30. The van der Waals surface area contributed by atoms with E-state index < -0.39 is 0 Å². The van der Waals surface area contributed by atoms with Crippen molar-refractivity contribution in [2.24, 2.45) is 5.92 Å². The Morgan fingerprint density at radius 2 is 2.50 bits per heavy atom. The van der Waals surface area contributed by atoms with Crippen molar-refractivity contribution in [2.75, 3.05) is 20.2 Å². The standard InChI is InChI=1S/C8H15NO/c1-7(10-2)8-4-3-5-9-6-8/h8-9H,1,3-6H2,2H3/t8-/m1/s1. The second kappa shape index (κ2) is 3.62. The molecule has 1 heterocycles. The third-order valence-corrected chi connectivity index (χ3v) is 2.01. The van der Waals surface area contributed by atoms with E-state index in [9.17, 15) is 0 Å². The predicted octanol–water partition coefficient (Wildman–Crippen LogP) is 1.15. The largest absolute Gasteiger partial charge is 0.501 e. The molecule has 10 heavy (non-hydrogen) atoms. The summed E-state index contributed by atoms with van der Waals surface area (Å²) in [6.07, 6.45) is 2.46. The summed E-state index contributed by atoms with van der Waals surface area (Å²) in [5.74, 6) is 1.46. The molecule has 1 saturated heterocycles. The molecule has 0 unspecified atom stereocenters. The number of nitrogens with one attached hydrogen (secondary N) is 1. The van der Waals surface area contributed by atoms with E-state index in [0.29, 0.717) is 5.92 Å². The van der Waals surface area contributed by atoms with Gasteiger partial charge in [0.05, 0.1) is 12.9 Å². The second-order valence-electron chi connectivity index (χ2n) is 2.71. The maximum Gasteiger partial charge on any atom is 0.0927 e. The van der Waals surface area contributed by atoms with E-state index in [4.69, 9.17) is 4.74 Å². The fourth-order valence-electron chi connectivity index (χ4n) is 1.29. The van der Waals surface area contributed by atoms with Crippen LogP contribution in [-0.4, -0.2) is 20.2 Å². The van der Waals surface area contributed by atoms with Crippen LogP contribution >= 0.6 is 0 Å². The smallest absolute Gasteiger partial charge is 0.0927 e. The van der Waals surface area contributed by atoms with Gasteiger partial charge in [-0.1, -0.05) is 6.58 Å². The summed E-state index contributed by atoms with van der Waals surface area (Å²) in [5, 5.41) is 3.31. The molecule has 0 amide bonds. The zero-order valence-electron chi connectivity index (χ0n) is 6.52. The van der Waals surface area contributed by atoms with Crippen LogP contribution in [0.1, 0.15) is 12.8 Å². The molecular weight excluding hydrogens is 126 g/mol. The van der Waals surface area contributed by atoms with Gasteiger partial charge >= 0.3 is 0 Å². The van der Waals surface area contributed by atoms with E-state index in [2.05, 4.69) is 11.9 Å². The molecule has 1 atom stereocenters. The van der Waals surface area contributed by atoms with Crippen LogP contribution in [0.3, 0.4) is 0 Å². The molecule has 0 aromatic rings. The number of ether oxygens (including phenoxy) is 1. The Labute approximate surface area is 62.3 Å². The zero-order valence-corrected chi connectivity index (χ0v) is 6.52. The van der Waals surface area contributed by atoms with Gasteiger partial charge in [0.1, 0.15) is 0 Å². The highest BCUT2D eigenvalue weighted by molar-refractivity contribution is 4.93. The summed E-state index contributed by atoms with van der Waals surface area (Å²) < 4.78 is 5.06. The molecule has 1 rings (SSSR count). The van der Waals surface area contributed by atoms with Crippen molar-refractivity contribution in [2.45, 2.75) is 12.8 Å². The topological polar surface area (TPSA) is 21.3 Å². The minimum Gasteiger partial charge on any atom is -0.501 e. The lowest BCUT2D eigenvalue weighted by Gasteiger charge is -2.23. The van der Waals surface area contributed by atoms with Gasteiger partial charge in [-0.15, -0.1) is 0 Å². The minimum atomic E-state index is 0.541. The first-order valence-corrected chi connectivity index (χ1v) is 3.78. The lowest BCUT2D eigenvalue weighted by atomic mass is 9.98. The summed E-state index contributed by atoms with van der Waals surface area (Å²) in [7, 11) is 1.69. The number of hydrogen-bond donors (Lipinski definition) is 1. The average Bonchev–Trinajstić information content (AvgIpc) is 2.05.